The first-order valence-electron chi connectivity index (χ1n) is 6.04. The van der Waals surface area contributed by atoms with E-state index in [0.29, 0.717) is 22.5 Å². The second-order valence-electron chi connectivity index (χ2n) is 4.47. The lowest BCUT2D eigenvalue weighted by Crippen LogP contribution is -2.14. The number of primary amides is 1. The Labute approximate surface area is 116 Å². The van der Waals surface area contributed by atoms with Crippen molar-refractivity contribution in [3.63, 3.8) is 0 Å². The van der Waals surface area contributed by atoms with Crippen molar-refractivity contribution in [2.75, 3.05) is 11.1 Å². The molecule has 0 radical (unpaired) electrons. The van der Waals surface area contributed by atoms with Crippen molar-refractivity contribution in [2.24, 2.45) is 5.73 Å². The molecule has 20 heavy (non-hydrogen) atoms. The highest BCUT2D eigenvalue weighted by molar-refractivity contribution is 6.05. The number of nitrogen functional groups attached to an aromatic ring is 1. The lowest BCUT2D eigenvalue weighted by Gasteiger charge is -2.08. The van der Waals surface area contributed by atoms with Crippen molar-refractivity contribution in [3.8, 4) is 0 Å². The highest BCUT2D eigenvalue weighted by Crippen LogP contribution is 2.16. The fraction of sp³-hybridized carbons (Fsp3) is 0.0667. The summed E-state index contributed by atoms with van der Waals surface area (Å²) in [5.74, 6) is -0.834. The molecule has 2 rings (SSSR count). The maximum absolute atomic E-state index is 12.1. The number of carbonyl (C=O) groups excluding carboxylic acids is 2. The molecule has 0 heterocycles. The molecule has 0 aliphatic rings. The van der Waals surface area contributed by atoms with Gasteiger partial charge < -0.3 is 16.8 Å². The fourth-order valence-corrected chi connectivity index (χ4v) is 1.74. The van der Waals surface area contributed by atoms with Gasteiger partial charge in [-0.25, -0.2) is 0 Å². The van der Waals surface area contributed by atoms with Gasteiger partial charge in [0.2, 0.25) is 5.91 Å². The number of nitrogens with one attached hydrogen (secondary N) is 1. The quantitative estimate of drug-likeness (QED) is 0.742. The molecule has 5 N–H and O–H groups in total. The van der Waals surface area contributed by atoms with Crippen molar-refractivity contribution in [1.29, 1.82) is 0 Å². The largest absolute Gasteiger partial charge is 0.398 e. The molecule has 0 fully saturated rings. The normalized spacial score (nSPS) is 10.1. The summed E-state index contributed by atoms with van der Waals surface area (Å²) < 4.78 is 0. The molecule has 5 nitrogen and oxygen atoms in total. The summed E-state index contributed by atoms with van der Waals surface area (Å²) in [6.45, 7) is 1.87. The third kappa shape index (κ3) is 2.95. The average Bonchev–Trinajstić information content (AvgIpc) is 2.42. The number of hydrogen-bond donors (Lipinski definition) is 3. The van der Waals surface area contributed by atoms with Crippen LogP contribution in [0, 0.1) is 6.92 Å². The topological polar surface area (TPSA) is 98.2 Å². The summed E-state index contributed by atoms with van der Waals surface area (Å²) in [6.07, 6.45) is 0. The van der Waals surface area contributed by atoms with Crippen molar-refractivity contribution in [1.82, 2.24) is 0 Å². The van der Waals surface area contributed by atoms with Gasteiger partial charge in [-0.1, -0.05) is 12.1 Å². The Morgan fingerprint density at radius 1 is 1.05 bits per heavy atom. The molecule has 0 atom stereocenters. The summed E-state index contributed by atoms with van der Waals surface area (Å²) in [5, 5.41) is 2.70. The van der Waals surface area contributed by atoms with E-state index >= 15 is 0 Å². The Kier molecular flexibility index (Phi) is 3.70. The van der Waals surface area contributed by atoms with Gasteiger partial charge in [-0.05, 0) is 42.8 Å². The van der Waals surface area contributed by atoms with Gasteiger partial charge >= 0.3 is 0 Å². The second kappa shape index (κ2) is 5.44. The first-order valence-corrected chi connectivity index (χ1v) is 6.04. The molecule has 0 aliphatic carbocycles. The van der Waals surface area contributed by atoms with E-state index in [0.717, 1.165) is 5.56 Å². The Morgan fingerprint density at radius 3 is 2.45 bits per heavy atom. The zero-order valence-electron chi connectivity index (χ0n) is 11.0. The predicted molar refractivity (Wildman–Crippen MR) is 78.5 cm³/mol. The molecule has 0 saturated heterocycles. The fourth-order valence-electron chi connectivity index (χ4n) is 1.74. The highest BCUT2D eigenvalue weighted by atomic mass is 16.2. The van der Waals surface area contributed by atoms with Crippen LogP contribution in [-0.4, -0.2) is 11.8 Å². The molecular weight excluding hydrogens is 254 g/mol. The molecule has 2 aromatic carbocycles. The third-order valence-corrected chi connectivity index (χ3v) is 2.95. The van der Waals surface area contributed by atoms with Gasteiger partial charge in [-0.3, -0.25) is 9.59 Å². The molecule has 0 saturated carbocycles. The third-order valence-electron chi connectivity index (χ3n) is 2.95. The Morgan fingerprint density at radius 2 is 1.80 bits per heavy atom. The SMILES string of the molecule is Cc1ccc(C(=O)Nc2cccc(C(N)=O)c2)cc1N. The number of nitrogens with two attached hydrogens (primary N) is 2. The van der Waals surface area contributed by atoms with E-state index in [2.05, 4.69) is 5.32 Å². The number of anilines is 2. The van der Waals surface area contributed by atoms with Crippen molar-refractivity contribution in [3.05, 3.63) is 59.2 Å². The molecule has 0 aromatic heterocycles. The van der Waals surface area contributed by atoms with E-state index in [1.807, 2.05) is 6.92 Å². The van der Waals surface area contributed by atoms with Crippen LogP contribution in [0.2, 0.25) is 0 Å². The number of carbonyl (C=O) groups is 2. The molecule has 0 unspecified atom stereocenters. The van der Waals surface area contributed by atoms with Crippen LogP contribution in [0.25, 0.3) is 0 Å². The number of benzene rings is 2. The zero-order valence-corrected chi connectivity index (χ0v) is 11.0. The lowest BCUT2D eigenvalue weighted by molar-refractivity contribution is 0.0996. The molecule has 5 heteroatoms. The maximum atomic E-state index is 12.1. The minimum atomic E-state index is -0.541. The van der Waals surface area contributed by atoms with Gasteiger partial charge in [0.1, 0.15) is 0 Å². The number of rotatable bonds is 3. The summed E-state index contributed by atoms with van der Waals surface area (Å²) in [7, 11) is 0. The van der Waals surface area contributed by atoms with Gasteiger partial charge in [0, 0.05) is 22.5 Å². The van der Waals surface area contributed by atoms with E-state index in [9.17, 15) is 9.59 Å². The van der Waals surface area contributed by atoms with Gasteiger partial charge in [-0.15, -0.1) is 0 Å². The van der Waals surface area contributed by atoms with Crippen molar-refractivity contribution < 1.29 is 9.59 Å². The van der Waals surface area contributed by atoms with Gasteiger partial charge in [0.15, 0.2) is 0 Å². The molecule has 0 spiro atoms. The number of amides is 2. The average molecular weight is 269 g/mol. The molecule has 0 aliphatic heterocycles. The lowest BCUT2D eigenvalue weighted by atomic mass is 10.1. The van der Waals surface area contributed by atoms with E-state index in [4.69, 9.17) is 11.5 Å². The predicted octanol–water partition coefficient (Wildman–Crippen LogP) is 1.93. The van der Waals surface area contributed by atoms with E-state index in [1.54, 1.807) is 36.4 Å². The Balaban J connectivity index is 2.21. The van der Waals surface area contributed by atoms with Gasteiger partial charge in [0.05, 0.1) is 0 Å². The number of hydrogen-bond acceptors (Lipinski definition) is 3. The second-order valence-corrected chi connectivity index (χ2v) is 4.47. The summed E-state index contributed by atoms with van der Waals surface area (Å²) in [6, 6.07) is 11.5. The van der Waals surface area contributed by atoms with Crippen molar-refractivity contribution >= 4 is 23.2 Å². The van der Waals surface area contributed by atoms with Crippen LogP contribution in [0.5, 0.6) is 0 Å². The van der Waals surface area contributed by atoms with Crippen LogP contribution < -0.4 is 16.8 Å². The zero-order chi connectivity index (χ0) is 14.7. The molecule has 0 bridgehead atoms. The smallest absolute Gasteiger partial charge is 0.255 e. The molecule has 2 amide bonds. The monoisotopic (exact) mass is 269 g/mol. The van der Waals surface area contributed by atoms with E-state index in [-0.39, 0.29) is 5.91 Å². The summed E-state index contributed by atoms with van der Waals surface area (Å²) in [4.78, 5) is 23.2. The molecular formula is C15H15N3O2. The van der Waals surface area contributed by atoms with E-state index in [1.165, 1.54) is 6.07 Å². The molecule has 2 aromatic rings. The van der Waals surface area contributed by atoms with Crippen LogP contribution >= 0.6 is 0 Å². The standard InChI is InChI=1S/C15H15N3O2/c1-9-5-6-11(8-13(9)16)15(20)18-12-4-2-3-10(7-12)14(17)19/h2-8H,16H2,1H3,(H2,17,19)(H,18,20). The van der Waals surface area contributed by atoms with Gasteiger partial charge in [-0.2, -0.15) is 0 Å². The molecule has 102 valence electrons. The van der Waals surface area contributed by atoms with Gasteiger partial charge in [0.25, 0.3) is 5.91 Å². The van der Waals surface area contributed by atoms with Crippen LogP contribution in [0.15, 0.2) is 42.5 Å². The van der Waals surface area contributed by atoms with Crippen LogP contribution in [0.4, 0.5) is 11.4 Å². The van der Waals surface area contributed by atoms with Crippen LogP contribution in [0.1, 0.15) is 26.3 Å². The minimum Gasteiger partial charge on any atom is -0.398 e. The van der Waals surface area contributed by atoms with E-state index < -0.39 is 5.91 Å². The highest BCUT2D eigenvalue weighted by Gasteiger charge is 2.08. The first kappa shape index (κ1) is 13.6. The minimum absolute atomic E-state index is 0.293. The summed E-state index contributed by atoms with van der Waals surface area (Å²) in [5.41, 5.74) is 13.7. The van der Waals surface area contributed by atoms with Crippen LogP contribution in [-0.2, 0) is 0 Å². The Hall–Kier alpha value is -2.82. The Bertz CT molecular complexity index is 681. The van der Waals surface area contributed by atoms with Crippen LogP contribution in [0.3, 0.4) is 0 Å². The van der Waals surface area contributed by atoms with Crippen molar-refractivity contribution in [2.45, 2.75) is 6.92 Å². The number of aryl methyl sites for hydroxylation is 1. The maximum Gasteiger partial charge on any atom is 0.255 e. The first-order chi connectivity index (χ1) is 9.47. The summed E-state index contributed by atoms with van der Waals surface area (Å²) >= 11 is 0.